The van der Waals surface area contributed by atoms with Crippen LogP contribution in [0.2, 0.25) is 5.02 Å². The van der Waals surface area contributed by atoms with Crippen molar-refractivity contribution in [3.8, 4) is 11.3 Å². The van der Waals surface area contributed by atoms with E-state index >= 15 is 0 Å². The van der Waals surface area contributed by atoms with Crippen molar-refractivity contribution in [3.63, 3.8) is 0 Å². The molecule has 2 heterocycles. The summed E-state index contributed by atoms with van der Waals surface area (Å²) < 4.78 is 11.2. The van der Waals surface area contributed by atoms with Crippen molar-refractivity contribution < 1.29 is 13.9 Å². The van der Waals surface area contributed by atoms with E-state index in [0.29, 0.717) is 29.6 Å². The summed E-state index contributed by atoms with van der Waals surface area (Å²) in [4.78, 5) is 14.8. The molecular weight excluding hydrogens is 374 g/mol. The number of furan rings is 1. The highest BCUT2D eigenvalue weighted by Crippen LogP contribution is 2.24. The summed E-state index contributed by atoms with van der Waals surface area (Å²) in [6.07, 6.45) is 3.24. The van der Waals surface area contributed by atoms with Crippen LogP contribution in [0.5, 0.6) is 0 Å². The number of hydrogen-bond donors (Lipinski definition) is 0. The molecule has 0 aliphatic carbocycles. The van der Waals surface area contributed by atoms with Crippen LogP contribution in [-0.4, -0.2) is 32.1 Å². The normalized spacial score (nSPS) is 14.5. The fourth-order valence-corrected chi connectivity index (χ4v) is 3.27. The number of morpholine rings is 1. The molecule has 4 nitrogen and oxygen atoms in total. The molecule has 0 saturated carbocycles. The zero-order valence-corrected chi connectivity index (χ0v) is 16.1. The first-order chi connectivity index (χ1) is 13.7. The van der Waals surface area contributed by atoms with Crippen molar-refractivity contribution in [1.29, 1.82) is 0 Å². The van der Waals surface area contributed by atoms with E-state index in [9.17, 15) is 4.79 Å². The molecule has 28 heavy (non-hydrogen) atoms. The molecule has 0 spiro atoms. The number of anilines is 1. The van der Waals surface area contributed by atoms with Gasteiger partial charge in [-0.1, -0.05) is 23.7 Å². The highest BCUT2D eigenvalue weighted by molar-refractivity contribution is 6.30. The third-order valence-electron chi connectivity index (χ3n) is 4.66. The van der Waals surface area contributed by atoms with E-state index in [0.717, 1.165) is 30.1 Å². The van der Waals surface area contributed by atoms with Crippen molar-refractivity contribution in [2.24, 2.45) is 0 Å². The van der Waals surface area contributed by atoms with Crippen LogP contribution >= 0.6 is 11.6 Å². The van der Waals surface area contributed by atoms with Gasteiger partial charge in [0.25, 0.3) is 0 Å². The van der Waals surface area contributed by atoms with E-state index < -0.39 is 0 Å². The smallest absolute Gasteiger partial charge is 0.186 e. The monoisotopic (exact) mass is 393 g/mol. The topological polar surface area (TPSA) is 42.7 Å². The Morgan fingerprint density at radius 2 is 1.79 bits per heavy atom. The maximum atomic E-state index is 12.6. The number of carbonyl (C=O) groups excluding carboxylic acids is 1. The van der Waals surface area contributed by atoms with Crippen LogP contribution in [0.3, 0.4) is 0 Å². The maximum absolute atomic E-state index is 12.6. The number of halogens is 1. The van der Waals surface area contributed by atoms with Gasteiger partial charge in [0.05, 0.1) is 13.2 Å². The molecule has 0 N–H and O–H groups in total. The molecule has 1 fully saturated rings. The highest BCUT2D eigenvalue weighted by atomic mass is 35.5. The standard InChI is InChI=1S/C23H20ClNO3/c24-19-6-4-17(5-7-19)23-11-9-21(28-23)8-10-22(26)18-2-1-3-20(16-18)25-12-14-27-15-13-25/h1-11,16H,12-15H2/b10-8-. The van der Waals surface area contributed by atoms with E-state index in [4.69, 9.17) is 20.8 Å². The maximum Gasteiger partial charge on any atom is 0.186 e. The van der Waals surface area contributed by atoms with Gasteiger partial charge in [0.2, 0.25) is 0 Å². The third kappa shape index (κ3) is 4.35. The van der Waals surface area contributed by atoms with Crippen molar-refractivity contribution in [2.45, 2.75) is 0 Å². The summed E-state index contributed by atoms with van der Waals surface area (Å²) >= 11 is 5.92. The van der Waals surface area contributed by atoms with Crippen LogP contribution in [0, 0.1) is 0 Å². The van der Waals surface area contributed by atoms with E-state index in [1.807, 2.05) is 60.7 Å². The molecule has 0 unspecified atom stereocenters. The van der Waals surface area contributed by atoms with E-state index in [1.54, 1.807) is 12.2 Å². The predicted octanol–water partition coefficient (Wildman–Crippen LogP) is 5.33. The number of hydrogen-bond acceptors (Lipinski definition) is 4. The number of nitrogens with zero attached hydrogens (tertiary/aromatic N) is 1. The van der Waals surface area contributed by atoms with E-state index in [1.165, 1.54) is 0 Å². The summed E-state index contributed by atoms with van der Waals surface area (Å²) in [7, 11) is 0. The Labute approximate surface area is 169 Å². The van der Waals surface area contributed by atoms with Gasteiger partial charge in [0, 0.05) is 34.9 Å². The third-order valence-corrected chi connectivity index (χ3v) is 4.91. The largest absolute Gasteiger partial charge is 0.457 e. The minimum Gasteiger partial charge on any atom is -0.457 e. The van der Waals surface area contributed by atoms with Crippen molar-refractivity contribution in [3.05, 3.63) is 83.1 Å². The SMILES string of the molecule is O=C(/C=C\c1ccc(-c2ccc(Cl)cc2)o1)c1cccc(N2CCOCC2)c1. The summed E-state index contributed by atoms with van der Waals surface area (Å²) in [6, 6.07) is 18.9. The number of rotatable bonds is 5. The van der Waals surface area contributed by atoms with Gasteiger partial charge in [-0.15, -0.1) is 0 Å². The molecule has 142 valence electrons. The minimum atomic E-state index is -0.0560. The first-order valence-corrected chi connectivity index (χ1v) is 9.58. The first-order valence-electron chi connectivity index (χ1n) is 9.20. The van der Waals surface area contributed by atoms with Crippen molar-refractivity contribution in [2.75, 3.05) is 31.2 Å². The fourth-order valence-electron chi connectivity index (χ4n) is 3.14. The number of ketones is 1. The molecule has 0 amide bonds. The second-order valence-electron chi connectivity index (χ2n) is 6.56. The lowest BCUT2D eigenvalue weighted by Gasteiger charge is -2.29. The van der Waals surface area contributed by atoms with Gasteiger partial charge in [0.1, 0.15) is 11.5 Å². The van der Waals surface area contributed by atoms with Gasteiger partial charge in [-0.2, -0.15) is 0 Å². The lowest BCUT2D eigenvalue weighted by molar-refractivity contribution is 0.104. The van der Waals surface area contributed by atoms with Gasteiger partial charge >= 0.3 is 0 Å². The van der Waals surface area contributed by atoms with Crippen LogP contribution < -0.4 is 4.90 Å². The van der Waals surface area contributed by atoms with Gasteiger partial charge in [-0.05, 0) is 60.7 Å². The Morgan fingerprint density at radius 1 is 1.00 bits per heavy atom. The average molecular weight is 394 g/mol. The quantitative estimate of drug-likeness (QED) is 0.434. The molecular formula is C23H20ClNO3. The van der Waals surface area contributed by atoms with Gasteiger partial charge in [-0.25, -0.2) is 0 Å². The summed E-state index contributed by atoms with van der Waals surface area (Å²) in [5.41, 5.74) is 2.64. The summed E-state index contributed by atoms with van der Waals surface area (Å²) in [5, 5.41) is 0.681. The molecule has 4 rings (SSSR count). The van der Waals surface area contributed by atoms with Crippen LogP contribution in [0.15, 0.2) is 71.2 Å². The molecule has 2 aromatic carbocycles. The summed E-state index contributed by atoms with van der Waals surface area (Å²) in [5.74, 6) is 1.31. The molecule has 1 aliphatic rings. The van der Waals surface area contributed by atoms with Crippen LogP contribution in [0.1, 0.15) is 16.1 Å². The molecule has 0 atom stereocenters. The number of allylic oxidation sites excluding steroid dienone is 1. The average Bonchev–Trinajstić information content (AvgIpc) is 3.22. The Hall–Kier alpha value is -2.82. The van der Waals surface area contributed by atoms with Gasteiger partial charge in [0.15, 0.2) is 5.78 Å². The molecule has 1 saturated heterocycles. The molecule has 0 radical (unpaired) electrons. The number of carbonyl (C=O) groups is 1. The van der Waals surface area contributed by atoms with E-state index in [2.05, 4.69) is 4.90 Å². The van der Waals surface area contributed by atoms with Crippen LogP contribution in [0.25, 0.3) is 17.4 Å². The molecule has 3 aromatic rings. The number of benzene rings is 2. The van der Waals surface area contributed by atoms with Gasteiger partial charge < -0.3 is 14.1 Å². The molecule has 1 aromatic heterocycles. The van der Waals surface area contributed by atoms with Gasteiger partial charge in [-0.3, -0.25) is 4.79 Å². The molecule has 0 bridgehead atoms. The van der Waals surface area contributed by atoms with Crippen molar-refractivity contribution in [1.82, 2.24) is 0 Å². The molecule has 1 aliphatic heterocycles. The zero-order chi connectivity index (χ0) is 19.3. The highest BCUT2D eigenvalue weighted by Gasteiger charge is 2.12. The zero-order valence-electron chi connectivity index (χ0n) is 15.3. The van der Waals surface area contributed by atoms with Crippen LogP contribution in [-0.2, 0) is 4.74 Å². The van der Waals surface area contributed by atoms with Crippen molar-refractivity contribution >= 4 is 29.1 Å². The Kier molecular flexibility index (Phi) is 5.60. The predicted molar refractivity (Wildman–Crippen MR) is 112 cm³/mol. The van der Waals surface area contributed by atoms with E-state index in [-0.39, 0.29) is 5.78 Å². The number of ether oxygens (including phenoxy) is 1. The van der Waals surface area contributed by atoms with Crippen LogP contribution in [0.4, 0.5) is 5.69 Å². The Balaban J connectivity index is 1.46. The minimum absolute atomic E-state index is 0.0560. The fraction of sp³-hybridized carbons (Fsp3) is 0.174. The second-order valence-corrected chi connectivity index (χ2v) is 6.99. The Bertz CT molecular complexity index is 985. The first kappa shape index (κ1) is 18.5. The second kappa shape index (κ2) is 8.46. The Morgan fingerprint density at radius 3 is 2.57 bits per heavy atom. The lowest BCUT2D eigenvalue weighted by Crippen LogP contribution is -2.36. The lowest BCUT2D eigenvalue weighted by atomic mass is 10.1. The molecule has 5 heteroatoms. The summed E-state index contributed by atoms with van der Waals surface area (Å²) in [6.45, 7) is 3.11.